The van der Waals surface area contributed by atoms with Gasteiger partial charge in [0, 0.05) is 19.1 Å². The van der Waals surface area contributed by atoms with Crippen molar-refractivity contribution in [1.29, 1.82) is 0 Å². The number of nitrogens with zero attached hydrogens (tertiary/aromatic N) is 3. The maximum absolute atomic E-state index is 12.8. The molecule has 0 spiro atoms. The molecule has 1 saturated carbocycles. The van der Waals surface area contributed by atoms with E-state index in [0.29, 0.717) is 29.1 Å². The Morgan fingerprint density at radius 1 is 1.33 bits per heavy atom. The zero-order chi connectivity index (χ0) is 17.3. The number of carbonyl (C=O) groups excluding carboxylic acids is 1. The third-order valence-electron chi connectivity index (χ3n) is 4.39. The van der Waals surface area contributed by atoms with Gasteiger partial charge in [-0.25, -0.2) is 4.98 Å². The summed E-state index contributed by atoms with van der Waals surface area (Å²) in [5.41, 5.74) is 0.706. The number of benzene rings is 1. The van der Waals surface area contributed by atoms with Gasteiger partial charge >= 0.3 is 0 Å². The van der Waals surface area contributed by atoms with Gasteiger partial charge in [-0.15, -0.1) is 0 Å². The lowest BCUT2D eigenvalue weighted by Crippen LogP contribution is -2.36. The lowest BCUT2D eigenvalue weighted by molar-refractivity contribution is -0.129. The molecule has 24 heavy (non-hydrogen) atoms. The van der Waals surface area contributed by atoms with E-state index < -0.39 is 0 Å². The standard InChI is InChI=1S/C18H23N3O2S/c1-4-20(5-2)16(22)12(3)24-18-19-15-9-7-6-8-14(15)17(23)21(18)13-10-11-13/h6-9,12-13H,4-5,10-11H2,1-3H3. The smallest absolute Gasteiger partial charge is 0.262 e. The van der Waals surface area contributed by atoms with Crippen LogP contribution in [0.2, 0.25) is 0 Å². The third-order valence-corrected chi connectivity index (χ3v) is 5.45. The van der Waals surface area contributed by atoms with Crippen LogP contribution < -0.4 is 5.56 Å². The monoisotopic (exact) mass is 345 g/mol. The van der Waals surface area contributed by atoms with Gasteiger partial charge in [-0.2, -0.15) is 0 Å². The summed E-state index contributed by atoms with van der Waals surface area (Å²) < 4.78 is 1.79. The van der Waals surface area contributed by atoms with E-state index in [1.165, 1.54) is 11.8 Å². The predicted octanol–water partition coefficient (Wildman–Crippen LogP) is 3.08. The molecule has 1 unspecified atom stereocenters. The summed E-state index contributed by atoms with van der Waals surface area (Å²) in [6.07, 6.45) is 2.01. The molecule has 1 aliphatic carbocycles. The van der Waals surface area contributed by atoms with Gasteiger partial charge in [0.1, 0.15) is 0 Å². The van der Waals surface area contributed by atoms with Gasteiger partial charge in [-0.05, 0) is 45.7 Å². The number of aromatic nitrogens is 2. The minimum Gasteiger partial charge on any atom is -0.342 e. The van der Waals surface area contributed by atoms with Crippen LogP contribution >= 0.6 is 11.8 Å². The molecule has 1 amide bonds. The highest BCUT2D eigenvalue weighted by Gasteiger charge is 2.30. The number of rotatable bonds is 6. The van der Waals surface area contributed by atoms with Crippen LogP contribution in [0.5, 0.6) is 0 Å². The zero-order valence-electron chi connectivity index (χ0n) is 14.4. The lowest BCUT2D eigenvalue weighted by Gasteiger charge is -2.23. The van der Waals surface area contributed by atoms with Gasteiger partial charge in [0.15, 0.2) is 5.16 Å². The first kappa shape index (κ1) is 17.0. The molecule has 1 atom stereocenters. The number of thioether (sulfide) groups is 1. The van der Waals surface area contributed by atoms with E-state index in [1.807, 2.05) is 49.9 Å². The number of amides is 1. The zero-order valence-corrected chi connectivity index (χ0v) is 15.2. The number of fused-ring (bicyclic) bond motifs is 1. The SMILES string of the molecule is CCN(CC)C(=O)C(C)Sc1nc2ccccc2c(=O)n1C1CC1. The first-order valence-corrected chi connectivity index (χ1v) is 9.41. The van der Waals surface area contributed by atoms with Crippen molar-refractivity contribution in [2.45, 2.75) is 50.1 Å². The van der Waals surface area contributed by atoms with Gasteiger partial charge in [0.05, 0.1) is 16.2 Å². The average Bonchev–Trinajstić information content (AvgIpc) is 3.41. The van der Waals surface area contributed by atoms with E-state index in [9.17, 15) is 9.59 Å². The summed E-state index contributed by atoms with van der Waals surface area (Å²) in [6, 6.07) is 7.65. The molecule has 5 nitrogen and oxygen atoms in total. The molecule has 1 aliphatic rings. The van der Waals surface area contributed by atoms with Crippen LogP contribution in [0.3, 0.4) is 0 Å². The molecule has 6 heteroatoms. The highest BCUT2D eigenvalue weighted by atomic mass is 32.2. The van der Waals surface area contributed by atoms with E-state index in [4.69, 9.17) is 0 Å². The van der Waals surface area contributed by atoms with Gasteiger partial charge in [0.2, 0.25) is 5.91 Å². The van der Waals surface area contributed by atoms with Gasteiger partial charge < -0.3 is 4.90 Å². The van der Waals surface area contributed by atoms with E-state index in [0.717, 1.165) is 12.8 Å². The maximum atomic E-state index is 12.8. The average molecular weight is 345 g/mol. The number of hydrogen-bond acceptors (Lipinski definition) is 4. The van der Waals surface area contributed by atoms with Crippen molar-refractivity contribution in [3.05, 3.63) is 34.6 Å². The summed E-state index contributed by atoms with van der Waals surface area (Å²) in [5, 5.41) is 1.05. The summed E-state index contributed by atoms with van der Waals surface area (Å²) in [5.74, 6) is 0.0924. The molecule has 0 aliphatic heterocycles. The minimum absolute atomic E-state index is 0.00749. The molecule has 0 N–H and O–H groups in total. The molecular formula is C18H23N3O2S. The highest BCUT2D eigenvalue weighted by Crippen LogP contribution is 2.37. The Morgan fingerprint density at radius 3 is 2.62 bits per heavy atom. The van der Waals surface area contributed by atoms with Crippen molar-refractivity contribution in [2.24, 2.45) is 0 Å². The summed E-state index contributed by atoms with van der Waals surface area (Å²) in [7, 11) is 0. The topological polar surface area (TPSA) is 55.2 Å². The van der Waals surface area contributed by atoms with Crippen molar-refractivity contribution in [2.75, 3.05) is 13.1 Å². The van der Waals surface area contributed by atoms with E-state index in [2.05, 4.69) is 4.98 Å². The van der Waals surface area contributed by atoms with E-state index in [-0.39, 0.29) is 22.8 Å². The fraction of sp³-hybridized carbons (Fsp3) is 0.500. The Labute approximate surface area is 146 Å². The van der Waals surface area contributed by atoms with E-state index >= 15 is 0 Å². The number of carbonyl (C=O) groups is 1. The van der Waals surface area contributed by atoms with Crippen molar-refractivity contribution in [1.82, 2.24) is 14.5 Å². The van der Waals surface area contributed by atoms with Crippen LogP contribution in [-0.4, -0.2) is 38.7 Å². The second kappa shape index (κ2) is 6.97. The molecule has 3 rings (SSSR count). The predicted molar refractivity (Wildman–Crippen MR) is 97.5 cm³/mol. The summed E-state index contributed by atoms with van der Waals surface area (Å²) in [4.78, 5) is 31.9. The molecule has 0 bridgehead atoms. The molecular weight excluding hydrogens is 322 g/mol. The second-order valence-corrected chi connectivity index (χ2v) is 7.40. The summed E-state index contributed by atoms with van der Waals surface area (Å²) in [6.45, 7) is 7.24. The molecule has 0 saturated heterocycles. The van der Waals surface area contributed by atoms with Crippen LogP contribution in [-0.2, 0) is 4.79 Å². The number of para-hydroxylation sites is 1. The van der Waals surface area contributed by atoms with Gasteiger partial charge in [-0.3, -0.25) is 14.2 Å². The maximum Gasteiger partial charge on any atom is 0.262 e. The fourth-order valence-electron chi connectivity index (χ4n) is 2.86. The van der Waals surface area contributed by atoms with Crippen molar-refractivity contribution in [3.8, 4) is 0 Å². The fourth-order valence-corrected chi connectivity index (χ4v) is 3.93. The quantitative estimate of drug-likeness (QED) is 0.596. The Morgan fingerprint density at radius 2 is 2.00 bits per heavy atom. The van der Waals surface area contributed by atoms with Crippen molar-refractivity contribution < 1.29 is 4.79 Å². The van der Waals surface area contributed by atoms with Gasteiger partial charge in [0.25, 0.3) is 5.56 Å². The van der Waals surface area contributed by atoms with Crippen LogP contribution in [0.1, 0.15) is 39.7 Å². The first-order chi connectivity index (χ1) is 11.6. The second-order valence-electron chi connectivity index (χ2n) is 6.09. The Balaban J connectivity index is 1.98. The molecule has 1 aromatic heterocycles. The van der Waals surface area contributed by atoms with Gasteiger partial charge in [-0.1, -0.05) is 23.9 Å². The van der Waals surface area contributed by atoms with E-state index in [1.54, 1.807) is 4.57 Å². The largest absolute Gasteiger partial charge is 0.342 e. The highest BCUT2D eigenvalue weighted by molar-refractivity contribution is 8.00. The molecule has 1 heterocycles. The van der Waals surface area contributed by atoms with Crippen LogP contribution in [0.15, 0.2) is 34.2 Å². The Bertz CT molecular complexity index is 810. The molecule has 1 fully saturated rings. The molecule has 0 radical (unpaired) electrons. The number of hydrogen-bond donors (Lipinski definition) is 0. The minimum atomic E-state index is -0.261. The Kier molecular flexibility index (Phi) is 4.94. The first-order valence-electron chi connectivity index (χ1n) is 8.53. The Hall–Kier alpha value is -1.82. The third kappa shape index (κ3) is 3.20. The lowest BCUT2D eigenvalue weighted by atomic mass is 10.2. The molecule has 2 aromatic rings. The molecule has 128 valence electrons. The van der Waals surface area contributed by atoms with Crippen molar-refractivity contribution in [3.63, 3.8) is 0 Å². The van der Waals surface area contributed by atoms with Crippen molar-refractivity contribution >= 4 is 28.6 Å². The normalized spacial score (nSPS) is 15.5. The van der Waals surface area contributed by atoms with Crippen LogP contribution in [0, 0.1) is 0 Å². The molecule has 1 aromatic carbocycles. The van der Waals surface area contributed by atoms with Crippen LogP contribution in [0.25, 0.3) is 10.9 Å². The van der Waals surface area contributed by atoms with Crippen LogP contribution in [0.4, 0.5) is 0 Å². The summed E-state index contributed by atoms with van der Waals surface area (Å²) >= 11 is 1.40.